The number of hydrogen-bond donors (Lipinski definition) is 1. The van der Waals surface area contributed by atoms with Crippen LogP contribution in [-0.4, -0.2) is 41.0 Å². The zero-order valence-corrected chi connectivity index (χ0v) is 13.0. The summed E-state index contributed by atoms with van der Waals surface area (Å²) in [6, 6.07) is 8.03. The molecule has 0 amide bonds. The number of para-hydroxylation sites is 2. The highest BCUT2D eigenvalue weighted by Crippen LogP contribution is 2.17. The summed E-state index contributed by atoms with van der Waals surface area (Å²) in [4.78, 5) is 11.8. The van der Waals surface area contributed by atoms with Crippen molar-refractivity contribution in [1.29, 1.82) is 0 Å². The number of aromatic nitrogens is 2. The Kier molecular flexibility index (Phi) is 4.34. The molecule has 0 radical (unpaired) electrons. The van der Waals surface area contributed by atoms with Crippen LogP contribution < -0.4 is 5.32 Å². The van der Waals surface area contributed by atoms with E-state index in [4.69, 9.17) is 0 Å². The van der Waals surface area contributed by atoms with Crippen molar-refractivity contribution in [1.82, 2.24) is 14.9 Å². The number of likely N-dealkylation sites (tertiary alicyclic amines) is 1. The van der Waals surface area contributed by atoms with Crippen LogP contribution in [0.15, 0.2) is 24.3 Å². The third-order valence-electron chi connectivity index (χ3n) is 4.34. The molecule has 4 nitrogen and oxygen atoms in total. The molecule has 0 atom stereocenters. The summed E-state index contributed by atoms with van der Waals surface area (Å²) < 4.78 is 0. The van der Waals surface area contributed by atoms with E-state index in [1.807, 2.05) is 31.2 Å². The van der Waals surface area contributed by atoms with Crippen LogP contribution in [0, 0.1) is 12.8 Å². The standard InChI is InChI=1S/C17H24N4/c1-13-7-10-21(11-8-13)12-9-18-17-14(2)19-15-5-3-4-6-16(15)20-17/h3-6,13H,7-12H2,1-2H3,(H,18,20). The van der Waals surface area contributed by atoms with Gasteiger partial charge < -0.3 is 10.2 Å². The Hall–Kier alpha value is -1.68. The third kappa shape index (κ3) is 3.50. The average Bonchev–Trinajstić information content (AvgIpc) is 2.50. The smallest absolute Gasteiger partial charge is 0.148 e. The molecule has 0 bridgehead atoms. The van der Waals surface area contributed by atoms with Crippen LogP contribution in [-0.2, 0) is 0 Å². The first-order valence-corrected chi connectivity index (χ1v) is 7.92. The zero-order valence-electron chi connectivity index (χ0n) is 13.0. The second-order valence-electron chi connectivity index (χ2n) is 6.10. The monoisotopic (exact) mass is 284 g/mol. The molecule has 4 heteroatoms. The first kappa shape index (κ1) is 14.3. The summed E-state index contributed by atoms with van der Waals surface area (Å²) in [5, 5.41) is 3.45. The van der Waals surface area contributed by atoms with Crippen LogP contribution in [0.3, 0.4) is 0 Å². The molecule has 1 fully saturated rings. The molecule has 1 N–H and O–H groups in total. The molecule has 1 aromatic carbocycles. The minimum atomic E-state index is 0.891. The van der Waals surface area contributed by atoms with Crippen LogP contribution in [0.25, 0.3) is 11.0 Å². The van der Waals surface area contributed by atoms with E-state index in [-0.39, 0.29) is 0 Å². The molecule has 1 aliphatic rings. The minimum absolute atomic E-state index is 0.891. The largest absolute Gasteiger partial charge is 0.367 e. The number of hydrogen-bond acceptors (Lipinski definition) is 4. The summed E-state index contributed by atoms with van der Waals surface area (Å²) in [6.45, 7) is 8.84. The van der Waals surface area contributed by atoms with Gasteiger partial charge in [0, 0.05) is 13.1 Å². The molecule has 0 aliphatic carbocycles. The fraction of sp³-hybridized carbons (Fsp3) is 0.529. The number of aryl methyl sites for hydroxylation is 1. The maximum Gasteiger partial charge on any atom is 0.148 e. The molecule has 0 spiro atoms. The van der Waals surface area contributed by atoms with Gasteiger partial charge >= 0.3 is 0 Å². The van der Waals surface area contributed by atoms with Gasteiger partial charge in [-0.15, -0.1) is 0 Å². The fourth-order valence-corrected chi connectivity index (χ4v) is 2.87. The first-order valence-electron chi connectivity index (χ1n) is 7.92. The lowest BCUT2D eigenvalue weighted by atomic mass is 9.99. The van der Waals surface area contributed by atoms with Gasteiger partial charge in [-0.25, -0.2) is 9.97 Å². The molecule has 3 rings (SSSR count). The Morgan fingerprint density at radius 2 is 1.81 bits per heavy atom. The molecule has 1 aromatic heterocycles. The molecule has 2 heterocycles. The van der Waals surface area contributed by atoms with Crippen LogP contribution in [0.1, 0.15) is 25.5 Å². The lowest BCUT2D eigenvalue weighted by Gasteiger charge is -2.30. The second kappa shape index (κ2) is 6.39. The van der Waals surface area contributed by atoms with Gasteiger partial charge in [0.1, 0.15) is 5.82 Å². The zero-order chi connectivity index (χ0) is 14.7. The molecule has 0 saturated carbocycles. The molecule has 1 saturated heterocycles. The number of fused-ring (bicyclic) bond motifs is 1. The van der Waals surface area contributed by atoms with E-state index in [1.54, 1.807) is 0 Å². The average molecular weight is 284 g/mol. The van der Waals surface area contributed by atoms with Crippen molar-refractivity contribution in [3.8, 4) is 0 Å². The van der Waals surface area contributed by atoms with Crippen molar-refractivity contribution in [2.75, 3.05) is 31.5 Å². The summed E-state index contributed by atoms with van der Waals surface area (Å²) in [6.07, 6.45) is 2.66. The number of benzene rings is 1. The Labute approximate surface area is 126 Å². The van der Waals surface area contributed by atoms with Crippen LogP contribution in [0.4, 0.5) is 5.82 Å². The van der Waals surface area contributed by atoms with Crippen molar-refractivity contribution >= 4 is 16.9 Å². The van der Waals surface area contributed by atoms with Gasteiger partial charge in [0.2, 0.25) is 0 Å². The summed E-state index contributed by atoms with van der Waals surface area (Å²) >= 11 is 0. The summed E-state index contributed by atoms with van der Waals surface area (Å²) in [5.41, 5.74) is 2.89. The van der Waals surface area contributed by atoms with Gasteiger partial charge in [-0.2, -0.15) is 0 Å². The number of piperidine rings is 1. The lowest BCUT2D eigenvalue weighted by molar-refractivity contribution is 0.199. The van der Waals surface area contributed by atoms with Crippen LogP contribution in [0.5, 0.6) is 0 Å². The van der Waals surface area contributed by atoms with Gasteiger partial charge in [0.15, 0.2) is 0 Å². The van der Waals surface area contributed by atoms with E-state index >= 15 is 0 Å². The SMILES string of the molecule is Cc1nc2ccccc2nc1NCCN1CCC(C)CC1. The molecule has 1 aliphatic heterocycles. The van der Waals surface area contributed by atoms with Crippen molar-refractivity contribution in [2.24, 2.45) is 5.92 Å². The van der Waals surface area contributed by atoms with Crippen molar-refractivity contribution < 1.29 is 0 Å². The predicted octanol–water partition coefficient (Wildman–Crippen LogP) is 3.08. The summed E-state index contributed by atoms with van der Waals surface area (Å²) in [7, 11) is 0. The van der Waals surface area contributed by atoms with Crippen molar-refractivity contribution in [3.05, 3.63) is 30.0 Å². The van der Waals surface area contributed by atoms with Crippen LogP contribution in [0.2, 0.25) is 0 Å². The maximum atomic E-state index is 4.68. The third-order valence-corrected chi connectivity index (χ3v) is 4.34. The highest BCUT2D eigenvalue weighted by atomic mass is 15.1. The molecular weight excluding hydrogens is 260 g/mol. The molecule has 0 unspecified atom stereocenters. The Morgan fingerprint density at radius 3 is 2.52 bits per heavy atom. The van der Waals surface area contributed by atoms with Crippen molar-refractivity contribution in [3.63, 3.8) is 0 Å². The maximum absolute atomic E-state index is 4.68. The topological polar surface area (TPSA) is 41.1 Å². The first-order chi connectivity index (χ1) is 10.2. The van der Waals surface area contributed by atoms with Gasteiger partial charge in [-0.3, -0.25) is 0 Å². The Balaban J connectivity index is 1.59. The van der Waals surface area contributed by atoms with Crippen LogP contribution >= 0.6 is 0 Å². The van der Waals surface area contributed by atoms with E-state index in [2.05, 4.69) is 27.1 Å². The number of rotatable bonds is 4. The second-order valence-corrected chi connectivity index (χ2v) is 6.10. The van der Waals surface area contributed by atoms with Gasteiger partial charge in [0.05, 0.1) is 16.7 Å². The lowest BCUT2D eigenvalue weighted by Crippen LogP contribution is -2.36. The number of anilines is 1. The normalized spacial score (nSPS) is 17.2. The van der Waals surface area contributed by atoms with Gasteiger partial charge in [0.25, 0.3) is 0 Å². The van der Waals surface area contributed by atoms with Crippen molar-refractivity contribution in [2.45, 2.75) is 26.7 Å². The molecule has 2 aromatic rings. The van der Waals surface area contributed by atoms with E-state index in [0.717, 1.165) is 41.6 Å². The predicted molar refractivity (Wildman–Crippen MR) is 87.6 cm³/mol. The van der Waals surface area contributed by atoms with E-state index in [9.17, 15) is 0 Å². The number of nitrogens with one attached hydrogen (secondary N) is 1. The number of nitrogens with zero attached hydrogens (tertiary/aromatic N) is 3. The van der Waals surface area contributed by atoms with E-state index in [0.29, 0.717) is 0 Å². The fourth-order valence-electron chi connectivity index (χ4n) is 2.87. The van der Waals surface area contributed by atoms with E-state index < -0.39 is 0 Å². The molecular formula is C17H24N4. The van der Waals surface area contributed by atoms with E-state index in [1.165, 1.54) is 25.9 Å². The quantitative estimate of drug-likeness (QED) is 0.936. The van der Waals surface area contributed by atoms with Gasteiger partial charge in [-0.1, -0.05) is 19.1 Å². The summed E-state index contributed by atoms with van der Waals surface area (Å²) in [5.74, 6) is 1.81. The Morgan fingerprint density at radius 1 is 1.14 bits per heavy atom. The molecule has 112 valence electrons. The minimum Gasteiger partial charge on any atom is -0.367 e. The molecule has 21 heavy (non-hydrogen) atoms. The Bertz CT molecular complexity index is 603. The highest BCUT2D eigenvalue weighted by Gasteiger charge is 2.15. The van der Waals surface area contributed by atoms with Gasteiger partial charge in [-0.05, 0) is 50.9 Å². The highest BCUT2D eigenvalue weighted by molar-refractivity contribution is 5.76.